The summed E-state index contributed by atoms with van der Waals surface area (Å²) < 4.78 is 90.8. The predicted molar refractivity (Wildman–Crippen MR) is 447 cm³/mol. The van der Waals surface area contributed by atoms with Crippen LogP contribution in [0.2, 0.25) is 0 Å². The average Bonchev–Trinajstić information content (AvgIpc) is 1.52. The summed E-state index contributed by atoms with van der Waals surface area (Å²) in [7, 11) is 2.18. The predicted octanol–water partition coefficient (Wildman–Crippen LogP) is 9.11. The molecule has 0 aromatic rings. The third-order valence-electron chi connectivity index (χ3n) is 18.1. The van der Waals surface area contributed by atoms with Crippen LogP contribution >= 0.6 is 0 Å². The first-order valence-electron chi connectivity index (χ1n) is 42.9. The second-order valence-corrected chi connectivity index (χ2v) is 34.4. The zero-order valence-corrected chi connectivity index (χ0v) is 76.3. The maximum absolute atomic E-state index is 11.9. The van der Waals surface area contributed by atoms with Crippen molar-refractivity contribution < 1.29 is 90.1 Å². The lowest BCUT2D eigenvalue weighted by atomic mass is 9.90. The summed E-state index contributed by atoms with van der Waals surface area (Å²) in [5.74, 6) is 0.436. The standard InChI is InChI=1S/C14H28N2O3.C11H22N2O2.C10H22N2O.C9H20N2O.C9H19NO2.C9H18O3.C8H16O2.C7H14O3.C7H14O2/c1-12(2)18-11-10-15-6-8-16(9-7-15)13(17)19-14(3,4)5;1-10(2)15-9-8-12-4-6-13(7-5-12)11(3)14;1-10(2)13-9-8-12-6-4-11(3)5-7-12;1-9(2)12-8-7-11-5-3-10-4-6-11;1-9(2)12-8-5-10-3-6-11-7-4-10;1-7(2)10-5-8-6-11-9(3,4)12-8;1-7(2)10-6-8(3)4-9-5-8;1-6(2)9-4-7-3-8-5-10-7;1-6(2)9-5-7-3-8-4-7/h12H,6-11H2,1-5H3;10H,4-9H2,1-3H3;10H,4-9H2,1-3H3;9-10H,3-8H2,1-2H3;9H,3-8H2,1-2H3;7-8H,5-6H2,1-4H3;7H,4-6H2,1-3H3;6-7H,3-5H2,1-2H3;6-7H,3-5H2,1-2H3. The molecule has 9 heterocycles. The molecular weight excluding hydrogens is 1440 g/mol. The lowest BCUT2D eigenvalue weighted by molar-refractivity contribution is -0.146. The van der Waals surface area contributed by atoms with E-state index in [1.807, 2.05) is 94.9 Å². The van der Waals surface area contributed by atoms with Crippen molar-refractivity contribution in [3.05, 3.63) is 0 Å². The van der Waals surface area contributed by atoms with Gasteiger partial charge in [-0.25, -0.2) is 4.79 Å². The number of nitrogens with one attached hydrogen (secondary N) is 1. The highest BCUT2D eigenvalue weighted by atomic mass is 16.7. The Labute approximate surface area is 683 Å². The quantitative estimate of drug-likeness (QED) is 0.0662. The Morgan fingerprint density at radius 3 is 1.12 bits per heavy atom. The molecule has 0 spiro atoms. The molecule has 0 aromatic carbocycles. The normalized spacial score (nSPS) is 21.3. The van der Waals surface area contributed by atoms with Crippen LogP contribution in [0.1, 0.15) is 173 Å². The molecule has 9 fully saturated rings. The topological polar surface area (TPSA) is 229 Å². The van der Waals surface area contributed by atoms with E-state index in [4.69, 9.17) is 80.5 Å². The molecule has 28 nitrogen and oxygen atoms in total. The molecule has 28 heteroatoms. The Balaban J connectivity index is 0.000000635. The van der Waals surface area contributed by atoms with E-state index in [0.29, 0.717) is 81.2 Å². The summed E-state index contributed by atoms with van der Waals surface area (Å²) in [5, 5.41) is 3.33. The van der Waals surface area contributed by atoms with E-state index in [0.717, 1.165) is 197 Å². The third-order valence-corrected chi connectivity index (χ3v) is 18.1. The third kappa shape index (κ3) is 62.9. The van der Waals surface area contributed by atoms with E-state index in [-0.39, 0.29) is 42.5 Å². The lowest BCUT2D eigenvalue weighted by Crippen LogP contribution is -2.50. The van der Waals surface area contributed by atoms with Gasteiger partial charge in [0.1, 0.15) is 24.6 Å². The minimum atomic E-state index is -0.426. The van der Waals surface area contributed by atoms with Gasteiger partial charge in [-0.15, -0.1) is 0 Å². The number of carbonyl (C=O) groups is 2. The minimum Gasteiger partial charge on any atom is -0.444 e. The minimum absolute atomic E-state index is 0.0994. The van der Waals surface area contributed by atoms with Crippen molar-refractivity contribution in [1.82, 2.24) is 44.5 Å². The highest BCUT2D eigenvalue weighted by Crippen LogP contribution is 2.27. The number of rotatable bonds is 32. The average molecular weight is 1610 g/mol. The Kier molecular flexibility index (Phi) is 61.4. The van der Waals surface area contributed by atoms with Crippen molar-refractivity contribution in [3.63, 3.8) is 0 Å². The van der Waals surface area contributed by atoms with E-state index in [1.54, 1.807) is 11.8 Å². The van der Waals surface area contributed by atoms with Crippen molar-refractivity contribution in [2.24, 2.45) is 11.3 Å². The molecule has 2 unspecified atom stereocenters. The number of likely N-dealkylation sites (N-methyl/N-ethyl adjacent to an activating group) is 1. The Hall–Kier alpha value is -2.18. The summed E-state index contributed by atoms with van der Waals surface area (Å²) in [5.41, 5.74) is -0.108. The fraction of sp³-hybridized carbons (Fsp3) is 0.976. The highest BCUT2D eigenvalue weighted by molar-refractivity contribution is 5.73. The molecule has 2 amide bonds. The molecule has 0 bridgehead atoms. The Bertz CT molecular complexity index is 2150. The number of ether oxygens (including phenoxy) is 17. The van der Waals surface area contributed by atoms with Gasteiger partial charge < -0.3 is 101 Å². The molecule has 0 aromatic heterocycles. The van der Waals surface area contributed by atoms with Gasteiger partial charge in [-0.3, -0.25) is 29.3 Å². The first kappa shape index (κ1) is 108. The zero-order valence-electron chi connectivity index (χ0n) is 76.3. The highest BCUT2D eigenvalue weighted by Gasteiger charge is 2.35. The fourth-order valence-electron chi connectivity index (χ4n) is 11.2. The Morgan fingerprint density at radius 2 is 0.795 bits per heavy atom. The van der Waals surface area contributed by atoms with Gasteiger partial charge in [-0.05, 0) is 166 Å². The largest absolute Gasteiger partial charge is 0.444 e. The zero-order chi connectivity index (χ0) is 83.9. The number of carbonyl (C=O) groups excluding carboxylic acids is 2. The molecule has 0 saturated carbocycles. The van der Waals surface area contributed by atoms with E-state index in [9.17, 15) is 9.59 Å². The van der Waals surface area contributed by atoms with E-state index < -0.39 is 11.4 Å². The van der Waals surface area contributed by atoms with Crippen molar-refractivity contribution >= 4 is 12.0 Å². The van der Waals surface area contributed by atoms with Crippen LogP contribution in [0.5, 0.6) is 0 Å². The van der Waals surface area contributed by atoms with Crippen molar-refractivity contribution in [2.45, 2.75) is 252 Å². The first-order chi connectivity index (χ1) is 52.8. The van der Waals surface area contributed by atoms with Gasteiger partial charge in [-0.1, -0.05) is 6.92 Å². The first-order valence-corrected chi connectivity index (χ1v) is 42.9. The summed E-state index contributed by atoms with van der Waals surface area (Å²) >= 11 is 0. The van der Waals surface area contributed by atoms with Crippen molar-refractivity contribution in [2.75, 3.05) is 277 Å². The van der Waals surface area contributed by atoms with Crippen LogP contribution in [-0.4, -0.2) is 406 Å². The fourth-order valence-corrected chi connectivity index (χ4v) is 11.2. The van der Waals surface area contributed by atoms with Crippen molar-refractivity contribution in [3.8, 4) is 0 Å². The monoisotopic (exact) mass is 1610 g/mol. The molecule has 9 aliphatic rings. The molecule has 0 aliphatic carbocycles. The number of nitrogens with zero attached hydrogens (tertiary/aromatic N) is 8. The van der Waals surface area contributed by atoms with Crippen LogP contribution < -0.4 is 5.32 Å². The van der Waals surface area contributed by atoms with Gasteiger partial charge in [0.05, 0.1) is 167 Å². The second kappa shape index (κ2) is 63.8. The van der Waals surface area contributed by atoms with Crippen LogP contribution in [0.25, 0.3) is 0 Å². The van der Waals surface area contributed by atoms with Crippen molar-refractivity contribution in [1.29, 1.82) is 0 Å². The molecule has 112 heavy (non-hydrogen) atoms. The molecule has 668 valence electrons. The smallest absolute Gasteiger partial charge is 0.410 e. The summed E-state index contributed by atoms with van der Waals surface area (Å²) in [6, 6.07) is 0. The number of hydrogen-bond donors (Lipinski definition) is 1. The number of amides is 2. The number of piperazine rings is 4. The van der Waals surface area contributed by atoms with Crippen LogP contribution in [-0.2, 0) is 85.3 Å². The summed E-state index contributed by atoms with van der Waals surface area (Å²) in [6.07, 6.45) is 2.98. The molecule has 9 aliphatic heterocycles. The molecule has 9 saturated heterocycles. The van der Waals surface area contributed by atoms with E-state index >= 15 is 0 Å². The lowest BCUT2D eigenvalue weighted by Gasteiger charge is -2.38. The number of morpholine rings is 1. The Morgan fingerprint density at radius 1 is 0.420 bits per heavy atom. The van der Waals surface area contributed by atoms with Gasteiger partial charge in [0.2, 0.25) is 5.91 Å². The van der Waals surface area contributed by atoms with Gasteiger partial charge in [0.25, 0.3) is 0 Å². The molecule has 0 radical (unpaired) electrons. The van der Waals surface area contributed by atoms with Gasteiger partial charge >= 0.3 is 6.09 Å². The van der Waals surface area contributed by atoms with Crippen LogP contribution in [0, 0.1) is 11.3 Å². The van der Waals surface area contributed by atoms with Crippen LogP contribution in [0.3, 0.4) is 0 Å². The van der Waals surface area contributed by atoms with Gasteiger partial charge in [0, 0.05) is 169 Å². The molecule has 2 atom stereocenters. The SMILES string of the molecule is CC(=O)N1CCN(CCOC(C)C)CC1.CC(C)OCC1(C)COC1.CC(C)OCC1COC(C)(C)O1.CC(C)OCC1COC1.CC(C)OCC1COCO1.CC(C)OCCN1CCN(C(=O)OC(C)(C)C)CC1.CC(C)OCCN1CCN(C)CC1.CC(C)OCCN1CCNCC1.CC(C)OCCN1CCOCC1. The molecule has 1 N–H and O–H groups in total. The summed E-state index contributed by atoms with van der Waals surface area (Å²) in [4.78, 5) is 41.0. The summed E-state index contributed by atoms with van der Waals surface area (Å²) in [6.45, 7) is 87.9. The van der Waals surface area contributed by atoms with E-state index in [1.165, 1.54) is 39.3 Å². The van der Waals surface area contributed by atoms with Crippen LogP contribution in [0.4, 0.5) is 4.79 Å². The second-order valence-electron chi connectivity index (χ2n) is 34.4. The van der Waals surface area contributed by atoms with Gasteiger partial charge in [-0.2, -0.15) is 0 Å². The van der Waals surface area contributed by atoms with Crippen LogP contribution in [0.15, 0.2) is 0 Å². The van der Waals surface area contributed by atoms with Gasteiger partial charge in [0.15, 0.2) is 5.79 Å². The molecule has 9 rings (SSSR count). The number of hydrogen-bond acceptors (Lipinski definition) is 26. The maximum Gasteiger partial charge on any atom is 0.410 e. The van der Waals surface area contributed by atoms with E-state index in [2.05, 4.69) is 118 Å². The maximum atomic E-state index is 11.9. The molecular formula is C84H173N9O19.